The SMILES string of the molecule is CCC(NC1CCCc2ccccc21)c1cccc(Br)c1. The van der Waals surface area contributed by atoms with E-state index >= 15 is 0 Å². The summed E-state index contributed by atoms with van der Waals surface area (Å²) < 4.78 is 1.16. The summed E-state index contributed by atoms with van der Waals surface area (Å²) in [6.45, 7) is 2.26. The van der Waals surface area contributed by atoms with E-state index in [0.29, 0.717) is 12.1 Å². The molecular formula is C19H22BrN. The first-order chi connectivity index (χ1) is 10.3. The monoisotopic (exact) mass is 343 g/mol. The Kier molecular flexibility index (Phi) is 4.77. The Balaban J connectivity index is 1.82. The summed E-state index contributed by atoms with van der Waals surface area (Å²) in [7, 11) is 0. The Labute approximate surface area is 135 Å². The van der Waals surface area contributed by atoms with Gasteiger partial charge in [0, 0.05) is 16.6 Å². The van der Waals surface area contributed by atoms with Gasteiger partial charge >= 0.3 is 0 Å². The van der Waals surface area contributed by atoms with E-state index in [-0.39, 0.29) is 0 Å². The van der Waals surface area contributed by atoms with Crippen molar-refractivity contribution < 1.29 is 0 Å². The van der Waals surface area contributed by atoms with E-state index in [1.807, 2.05) is 0 Å². The number of rotatable bonds is 4. The zero-order chi connectivity index (χ0) is 14.7. The molecule has 3 rings (SSSR count). The van der Waals surface area contributed by atoms with E-state index in [4.69, 9.17) is 0 Å². The Morgan fingerprint density at radius 2 is 2.05 bits per heavy atom. The molecule has 0 radical (unpaired) electrons. The second kappa shape index (κ2) is 6.76. The Morgan fingerprint density at radius 1 is 1.19 bits per heavy atom. The van der Waals surface area contributed by atoms with Gasteiger partial charge in [0.15, 0.2) is 0 Å². The fraction of sp³-hybridized carbons (Fsp3) is 0.368. The van der Waals surface area contributed by atoms with Crippen LogP contribution in [0.4, 0.5) is 0 Å². The minimum absolute atomic E-state index is 0.415. The Morgan fingerprint density at radius 3 is 2.86 bits per heavy atom. The number of hydrogen-bond donors (Lipinski definition) is 1. The first-order valence-electron chi connectivity index (χ1n) is 7.87. The van der Waals surface area contributed by atoms with Crippen molar-refractivity contribution >= 4 is 15.9 Å². The highest BCUT2D eigenvalue weighted by molar-refractivity contribution is 9.10. The highest BCUT2D eigenvalue weighted by Gasteiger charge is 2.22. The molecular weight excluding hydrogens is 322 g/mol. The molecule has 0 bridgehead atoms. The van der Waals surface area contributed by atoms with Crippen LogP contribution >= 0.6 is 15.9 Å². The van der Waals surface area contributed by atoms with Crippen LogP contribution in [0.5, 0.6) is 0 Å². The first-order valence-corrected chi connectivity index (χ1v) is 8.66. The minimum atomic E-state index is 0.415. The van der Waals surface area contributed by atoms with Gasteiger partial charge in [0.25, 0.3) is 0 Å². The van der Waals surface area contributed by atoms with Crippen molar-refractivity contribution in [3.05, 3.63) is 69.7 Å². The second-order valence-corrected chi connectivity index (χ2v) is 6.74. The number of aryl methyl sites for hydroxylation is 1. The van der Waals surface area contributed by atoms with Crippen molar-refractivity contribution in [2.24, 2.45) is 0 Å². The van der Waals surface area contributed by atoms with Crippen LogP contribution in [0.25, 0.3) is 0 Å². The van der Waals surface area contributed by atoms with Crippen molar-refractivity contribution in [2.45, 2.75) is 44.7 Å². The van der Waals surface area contributed by atoms with E-state index in [2.05, 4.69) is 76.7 Å². The van der Waals surface area contributed by atoms with E-state index in [1.54, 1.807) is 0 Å². The summed E-state index contributed by atoms with van der Waals surface area (Å²) in [6, 6.07) is 18.5. The average molecular weight is 344 g/mol. The molecule has 0 saturated heterocycles. The molecule has 1 aliphatic rings. The normalized spacial score (nSPS) is 19.0. The molecule has 1 N–H and O–H groups in total. The minimum Gasteiger partial charge on any atom is -0.303 e. The van der Waals surface area contributed by atoms with Gasteiger partial charge in [0.2, 0.25) is 0 Å². The van der Waals surface area contributed by atoms with Crippen LogP contribution in [0.2, 0.25) is 0 Å². The van der Waals surface area contributed by atoms with Crippen molar-refractivity contribution in [2.75, 3.05) is 0 Å². The van der Waals surface area contributed by atoms with Crippen LogP contribution in [0.3, 0.4) is 0 Å². The molecule has 21 heavy (non-hydrogen) atoms. The van der Waals surface area contributed by atoms with Crippen LogP contribution in [0, 0.1) is 0 Å². The zero-order valence-electron chi connectivity index (χ0n) is 12.5. The molecule has 2 atom stereocenters. The summed E-state index contributed by atoms with van der Waals surface area (Å²) in [5, 5.41) is 3.88. The van der Waals surface area contributed by atoms with Gasteiger partial charge in [-0.3, -0.25) is 0 Å². The molecule has 0 aliphatic heterocycles. The van der Waals surface area contributed by atoms with Gasteiger partial charge in [0.05, 0.1) is 0 Å². The van der Waals surface area contributed by atoms with E-state index in [0.717, 1.165) is 10.9 Å². The lowest BCUT2D eigenvalue weighted by atomic mass is 9.87. The third-order valence-corrected chi connectivity index (χ3v) is 4.92. The van der Waals surface area contributed by atoms with Crippen LogP contribution in [0.15, 0.2) is 53.0 Å². The lowest BCUT2D eigenvalue weighted by Crippen LogP contribution is -2.29. The van der Waals surface area contributed by atoms with Gasteiger partial charge in [-0.05, 0) is 54.5 Å². The molecule has 0 saturated carbocycles. The van der Waals surface area contributed by atoms with Crippen molar-refractivity contribution in [3.8, 4) is 0 Å². The van der Waals surface area contributed by atoms with Gasteiger partial charge in [-0.1, -0.05) is 59.3 Å². The lowest BCUT2D eigenvalue weighted by molar-refractivity contribution is 0.393. The van der Waals surface area contributed by atoms with Crippen LogP contribution in [-0.4, -0.2) is 0 Å². The summed E-state index contributed by atoms with van der Waals surface area (Å²) in [4.78, 5) is 0. The van der Waals surface area contributed by atoms with E-state index in [9.17, 15) is 0 Å². The molecule has 0 heterocycles. The Hall–Kier alpha value is -1.12. The van der Waals surface area contributed by atoms with E-state index < -0.39 is 0 Å². The molecule has 0 spiro atoms. The number of hydrogen-bond acceptors (Lipinski definition) is 1. The smallest absolute Gasteiger partial charge is 0.0328 e. The van der Waals surface area contributed by atoms with Gasteiger partial charge in [-0.15, -0.1) is 0 Å². The molecule has 2 heteroatoms. The summed E-state index contributed by atoms with van der Waals surface area (Å²) >= 11 is 3.58. The predicted molar refractivity (Wildman–Crippen MR) is 92.4 cm³/mol. The zero-order valence-corrected chi connectivity index (χ0v) is 14.1. The summed E-state index contributed by atoms with van der Waals surface area (Å²) in [6.07, 6.45) is 4.85. The van der Waals surface area contributed by atoms with Crippen molar-refractivity contribution in [1.29, 1.82) is 0 Å². The quantitative estimate of drug-likeness (QED) is 0.765. The van der Waals surface area contributed by atoms with Crippen LogP contribution in [0.1, 0.15) is 55.0 Å². The van der Waals surface area contributed by atoms with Gasteiger partial charge in [-0.25, -0.2) is 0 Å². The molecule has 0 fully saturated rings. The highest BCUT2D eigenvalue weighted by Crippen LogP contribution is 2.32. The third kappa shape index (κ3) is 3.38. The molecule has 1 nitrogen and oxygen atoms in total. The number of benzene rings is 2. The molecule has 2 aromatic carbocycles. The summed E-state index contributed by atoms with van der Waals surface area (Å²) in [5.41, 5.74) is 4.39. The maximum atomic E-state index is 3.88. The molecule has 2 aromatic rings. The molecule has 2 unspecified atom stereocenters. The van der Waals surface area contributed by atoms with Crippen molar-refractivity contribution in [1.82, 2.24) is 5.32 Å². The average Bonchev–Trinajstić information content (AvgIpc) is 2.52. The van der Waals surface area contributed by atoms with Crippen LogP contribution in [-0.2, 0) is 6.42 Å². The first kappa shape index (κ1) is 14.8. The fourth-order valence-corrected chi connectivity index (χ4v) is 3.76. The number of fused-ring (bicyclic) bond motifs is 1. The lowest BCUT2D eigenvalue weighted by Gasteiger charge is -2.30. The topological polar surface area (TPSA) is 12.0 Å². The van der Waals surface area contributed by atoms with Gasteiger partial charge in [-0.2, -0.15) is 0 Å². The largest absolute Gasteiger partial charge is 0.303 e. The Bertz CT molecular complexity index is 608. The van der Waals surface area contributed by atoms with Crippen LogP contribution < -0.4 is 5.32 Å². The predicted octanol–water partition coefficient (Wildman–Crippen LogP) is 5.57. The van der Waals surface area contributed by atoms with Gasteiger partial charge in [0.1, 0.15) is 0 Å². The van der Waals surface area contributed by atoms with Gasteiger partial charge < -0.3 is 5.32 Å². The fourth-order valence-electron chi connectivity index (χ4n) is 3.34. The number of nitrogens with one attached hydrogen (secondary N) is 1. The molecule has 1 aliphatic carbocycles. The van der Waals surface area contributed by atoms with Crippen molar-refractivity contribution in [3.63, 3.8) is 0 Å². The maximum absolute atomic E-state index is 3.88. The second-order valence-electron chi connectivity index (χ2n) is 5.83. The molecule has 110 valence electrons. The highest BCUT2D eigenvalue weighted by atomic mass is 79.9. The number of halogens is 1. The maximum Gasteiger partial charge on any atom is 0.0328 e. The molecule has 0 amide bonds. The molecule has 0 aromatic heterocycles. The summed E-state index contributed by atoms with van der Waals surface area (Å²) in [5.74, 6) is 0. The third-order valence-electron chi connectivity index (χ3n) is 4.43. The standard InChI is InChI=1S/C19H22BrN/c1-2-18(15-9-5-10-16(20)13-15)21-19-12-6-8-14-7-3-4-11-17(14)19/h3-5,7,9-11,13,18-19,21H,2,6,8,12H2,1H3. The van der Waals surface area contributed by atoms with E-state index in [1.165, 1.54) is 36.0 Å².